The fourth-order valence-corrected chi connectivity index (χ4v) is 2.47. The summed E-state index contributed by atoms with van der Waals surface area (Å²) in [5, 5.41) is 9.19. The number of ether oxygens (including phenoxy) is 1. The highest BCUT2D eigenvalue weighted by Gasteiger charge is 2.40. The number of carboxylic acids is 1. The van der Waals surface area contributed by atoms with Gasteiger partial charge < -0.3 is 9.84 Å². The van der Waals surface area contributed by atoms with E-state index in [0.717, 1.165) is 12.1 Å². The highest BCUT2D eigenvalue weighted by molar-refractivity contribution is 5.74. The Kier molecular flexibility index (Phi) is 4.77. The Labute approximate surface area is 122 Å². The molecule has 0 amide bonds. The zero-order valence-corrected chi connectivity index (χ0v) is 11.9. The molecule has 0 aromatic heterocycles. The Morgan fingerprint density at radius 1 is 1.43 bits per heavy atom. The van der Waals surface area contributed by atoms with Crippen LogP contribution in [0.3, 0.4) is 0 Å². The van der Waals surface area contributed by atoms with Crippen molar-refractivity contribution in [2.45, 2.75) is 26.3 Å². The number of carboxylic acid groups (broad SMARTS) is 1. The van der Waals surface area contributed by atoms with Crippen molar-refractivity contribution in [3.05, 3.63) is 29.8 Å². The topological polar surface area (TPSA) is 49.8 Å². The molecule has 4 nitrogen and oxygen atoms in total. The first-order valence-electron chi connectivity index (χ1n) is 6.85. The van der Waals surface area contributed by atoms with Crippen molar-refractivity contribution in [1.82, 2.24) is 4.90 Å². The lowest BCUT2D eigenvalue weighted by atomic mass is 9.90. The molecule has 1 aliphatic rings. The van der Waals surface area contributed by atoms with Crippen molar-refractivity contribution in [3.63, 3.8) is 0 Å². The molecule has 0 bridgehead atoms. The number of alkyl halides is 2. The molecule has 1 N–H and O–H groups in total. The van der Waals surface area contributed by atoms with Crippen LogP contribution in [0.15, 0.2) is 24.3 Å². The summed E-state index contributed by atoms with van der Waals surface area (Å²) >= 11 is 0. The molecular formula is C15H19F2NO3. The molecule has 0 spiro atoms. The smallest absolute Gasteiger partial charge is 0.310 e. The first-order valence-corrected chi connectivity index (χ1v) is 6.85. The number of carbonyl (C=O) groups is 1. The molecule has 1 aliphatic heterocycles. The molecule has 1 heterocycles. The van der Waals surface area contributed by atoms with Gasteiger partial charge in [0.05, 0.1) is 5.41 Å². The van der Waals surface area contributed by atoms with E-state index < -0.39 is 24.4 Å². The SMILES string of the molecule is CC1(C(=O)O)CCN(Cc2ccc(OCC(F)F)cc2)C1. The molecule has 1 atom stereocenters. The van der Waals surface area contributed by atoms with Gasteiger partial charge in [-0.2, -0.15) is 0 Å². The lowest BCUT2D eigenvalue weighted by Crippen LogP contribution is -2.31. The highest BCUT2D eigenvalue weighted by atomic mass is 19.3. The fraction of sp³-hybridized carbons (Fsp3) is 0.533. The maximum atomic E-state index is 12.0. The molecule has 0 saturated carbocycles. The lowest BCUT2D eigenvalue weighted by Gasteiger charge is -2.20. The largest absolute Gasteiger partial charge is 0.488 e. The van der Waals surface area contributed by atoms with E-state index in [1.165, 1.54) is 0 Å². The van der Waals surface area contributed by atoms with Crippen LogP contribution in [-0.2, 0) is 11.3 Å². The Bertz CT molecular complexity index is 492. The van der Waals surface area contributed by atoms with Gasteiger partial charge in [0.15, 0.2) is 0 Å². The molecule has 1 unspecified atom stereocenters. The second kappa shape index (κ2) is 6.39. The van der Waals surface area contributed by atoms with Crippen LogP contribution in [0.1, 0.15) is 18.9 Å². The quantitative estimate of drug-likeness (QED) is 0.877. The van der Waals surface area contributed by atoms with Gasteiger partial charge in [-0.25, -0.2) is 8.78 Å². The zero-order chi connectivity index (χ0) is 15.5. The van der Waals surface area contributed by atoms with Gasteiger partial charge in [-0.15, -0.1) is 0 Å². The molecule has 0 radical (unpaired) electrons. The number of hydrogen-bond donors (Lipinski definition) is 1. The van der Waals surface area contributed by atoms with Crippen molar-refractivity contribution in [2.75, 3.05) is 19.7 Å². The maximum absolute atomic E-state index is 12.0. The highest BCUT2D eigenvalue weighted by Crippen LogP contribution is 2.31. The average molecular weight is 299 g/mol. The summed E-state index contributed by atoms with van der Waals surface area (Å²) in [5.41, 5.74) is 0.328. The predicted octanol–water partition coefficient (Wildman–Crippen LogP) is 2.63. The normalized spacial score (nSPS) is 22.7. The van der Waals surface area contributed by atoms with Crippen molar-refractivity contribution in [3.8, 4) is 5.75 Å². The zero-order valence-electron chi connectivity index (χ0n) is 11.9. The number of rotatable bonds is 6. The van der Waals surface area contributed by atoms with Crippen LogP contribution >= 0.6 is 0 Å². The fourth-order valence-electron chi connectivity index (χ4n) is 2.47. The summed E-state index contributed by atoms with van der Waals surface area (Å²) in [6.07, 6.45) is -1.85. The lowest BCUT2D eigenvalue weighted by molar-refractivity contribution is -0.147. The third-order valence-corrected chi connectivity index (χ3v) is 3.77. The van der Waals surface area contributed by atoms with Gasteiger partial charge in [-0.3, -0.25) is 9.69 Å². The maximum Gasteiger partial charge on any atom is 0.310 e. The molecular weight excluding hydrogens is 280 g/mol. The Balaban J connectivity index is 1.88. The third kappa shape index (κ3) is 4.14. The van der Waals surface area contributed by atoms with E-state index in [-0.39, 0.29) is 0 Å². The number of aliphatic carboxylic acids is 1. The molecule has 6 heteroatoms. The minimum Gasteiger partial charge on any atom is -0.488 e. The standard InChI is InChI=1S/C15H19F2NO3/c1-15(14(19)20)6-7-18(10-15)8-11-2-4-12(5-3-11)21-9-13(16)17/h2-5,13H,6-10H2,1H3,(H,19,20). The van der Waals surface area contributed by atoms with Crippen LogP contribution in [0.25, 0.3) is 0 Å². The molecule has 2 rings (SSSR count). The van der Waals surface area contributed by atoms with Crippen LogP contribution in [0.4, 0.5) is 8.78 Å². The predicted molar refractivity (Wildman–Crippen MR) is 73.6 cm³/mol. The van der Waals surface area contributed by atoms with Crippen LogP contribution in [0, 0.1) is 5.41 Å². The Morgan fingerprint density at radius 2 is 2.10 bits per heavy atom. The van der Waals surface area contributed by atoms with Crippen molar-refractivity contribution < 1.29 is 23.4 Å². The second-order valence-electron chi connectivity index (χ2n) is 5.67. The van der Waals surface area contributed by atoms with Gasteiger partial charge in [-0.1, -0.05) is 12.1 Å². The number of halogens is 2. The summed E-state index contributed by atoms with van der Waals surface area (Å²) in [4.78, 5) is 13.3. The first-order chi connectivity index (χ1) is 9.89. The van der Waals surface area contributed by atoms with E-state index >= 15 is 0 Å². The van der Waals surface area contributed by atoms with Gasteiger partial charge in [0.25, 0.3) is 6.43 Å². The van der Waals surface area contributed by atoms with Gasteiger partial charge in [0.2, 0.25) is 0 Å². The second-order valence-corrected chi connectivity index (χ2v) is 5.67. The molecule has 1 fully saturated rings. The molecule has 1 aromatic carbocycles. The number of hydrogen-bond acceptors (Lipinski definition) is 3. The van der Waals surface area contributed by atoms with E-state index in [2.05, 4.69) is 4.90 Å². The molecule has 1 saturated heterocycles. The van der Waals surface area contributed by atoms with E-state index in [1.54, 1.807) is 19.1 Å². The van der Waals surface area contributed by atoms with E-state index in [4.69, 9.17) is 4.74 Å². The van der Waals surface area contributed by atoms with Crippen LogP contribution in [0.5, 0.6) is 5.75 Å². The Morgan fingerprint density at radius 3 is 2.62 bits per heavy atom. The third-order valence-electron chi connectivity index (χ3n) is 3.77. The van der Waals surface area contributed by atoms with Gasteiger partial charge in [0, 0.05) is 13.1 Å². The van der Waals surface area contributed by atoms with Crippen LogP contribution in [-0.4, -0.2) is 42.1 Å². The van der Waals surface area contributed by atoms with E-state index in [0.29, 0.717) is 25.3 Å². The molecule has 0 aliphatic carbocycles. The van der Waals surface area contributed by atoms with E-state index in [1.807, 2.05) is 12.1 Å². The average Bonchev–Trinajstić information content (AvgIpc) is 2.81. The summed E-state index contributed by atoms with van der Waals surface area (Å²) in [5.74, 6) is -0.350. The monoisotopic (exact) mass is 299 g/mol. The number of likely N-dealkylation sites (tertiary alicyclic amines) is 1. The summed E-state index contributed by atoms with van der Waals surface area (Å²) in [7, 11) is 0. The first kappa shape index (κ1) is 15.7. The Hall–Kier alpha value is -1.69. The van der Waals surface area contributed by atoms with Crippen molar-refractivity contribution in [1.29, 1.82) is 0 Å². The van der Waals surface area contributed by atoms with E-state index in [9.17, 15) is 18.7 Å². The van der Waals surface area contributed by atoms with Gasteiger partial charge in [-0.05, 0) is 37.6 Å². The van der Waals surface area contributed by atoms with Crippen molar-refractivity contribution in [2.24, 2.45) is 5.41 Å². The molecule has 21 heavy (non-hydrogen) atoms. The van der Waals surface area contributed by atoms with Gasteiger partial charge >= 0.3 is 5.97 Å². The van der Waals surface area contributed by atoms with Gasteiger partial charge in [0.1, 0.15) is 12.4 Å². The molecule has 1 aromatic rings. The minimum absolute atomic E-state index is 0.413. The summed E-state index contributed by atoms with van der Waals surface area (Å²) < 4.78 is 29.0. The number of nitrogens with zero attached hydrogens (tertiary/aromatic N) is 1. The summed E-state index contributed by atoms with van der Waals surface area (Å²) in [6.45, 7) is 3.06. The minimum atomic E-state index is -2.48. The van der Waals surface area contributed by atoms with Crippen molar-refractivity contribution >= 4 is 5.97 Å². The number of benzene rings is 1. The van der Waals surface area contributed by atoms with Crippen LogP contribution < -0.4 is 4.74 Å². The molecule has 116 valence electrons. The van der Waals surface area contributed by atoms with Crippen LogP contribution in [0.2, 0.25) is 0 Å². The summed E-state index contributed by atoms with van der Waals surface area (Å²) in [6, 6.07) is 6.95.